The molecule has 0 radical (unpaired) electrons. The highest BCUT2D eigenvalue weighted by Gasteiger charge is 2.43. The number of phenolic OH excluding ortho intramolecular Hbond substituents is 4. The molecule has 0 fully saturated rings. The van der Waals surface area contributed by atoms with Gasteiger partial charge in [0.1, 0.15) is 23.0 Å². The molecule has 4 N–H and O–H groups in total. The lowest BCUT2D eigenvalue weighted by Gasteiger charge is -2.38. The van der Waals surface area contributed by atoms with E-state index in [1.165, 1.54) is 0 Å². The molecule has 0 spiro atoms. The maximum absolute atomic E-state index is 11.8. The van der Waals surface area contributed by atoms with Crippen LogP contribution in [0.5, 0.6) is 23.0 Å². The molecule has 0 aromatic heterocycles. The third kappa shape index (κ3) is 3.30. The zero-order chi connectivity index (χ0) is 25.6. The Morgan fingerprint density at radius 3 is 1.08 bits per heavy atom. The van der Waals surface area contributed by atoms with Crippen molar-refractivity contribution in [1.29, 1.82) is 0 Å². The van der Waals surface area contributed by atoms with Gasteiger partial charge in [-0.1, -0.05) is 109 Å². The Morgan fingerprint density at radius 1 is 0.378 bits per heavy atom. The molecule has 0 heterocycles. The van der Waals surface area contributed by atoms with Crippen LogP contribution in [-0.4, -0.2) is 20.4 Å². The lowest BCUT2D eigenvalue weighted by atomic mass is 9.64. The molecule has 0 aliphatic heterocycles. The largest absolute Gasteiger partial charge is 0.507 e. The van der Waals surface area contributed by atoms with Crippen LogP contribution in [0.1, 0.15) is 22.3 Å². The van der Waals surface area contributed by atoms with E-state index in [-0.39, 0.29) is 23.0 Å². The SMILES string of the molecule is Oc1cc(C(c2ccccc2)(c2ccccc2)c2cc(O)c3ccccc3c2O)c(O)c2ccccc12. The van der Waals surface area contributed by atoms with Crippen molar-refractivity contribution in [3.05, 3.63) is 144 Å². The van der Waals surface area contributed by atoms with Crippen LogP contribution in [0.3, 0.4) is 0 Å². The summed E-state index contributed by atoms with van der Waals surface area (Å²) in [4.78, 5) is 0. The molecule has 0 bridgehead atoms. The molecular weight excluding hydrogens is 460 g/mol. The van der Waals surface area contributed by atoms with Crippen molar-refractivity contribution < 1.29 is 20.4 Å². The molecule has 4 heteroatoms. The van der Waals surface area contributed by atoms with Crippen LogP contribution in [0.4, 0.5) is 0 Å². The molecule has 37 heavy (non-hydrogen) atoms. The first kappa shape index (κ1) is 22.5. The smallest absolute Gasteiger partial charge is 0.128 e. The number of phenols is 4. The van der Waals surface area contributed by atoms with Gasteiger partial charge in [0.25, 0.3) is 0 Å². The Kier molecular flexibility index (Phi) is 5.24. The number of benzene rings is 6. The molecule has 180 valence electrons. The number of rotatable bonds is 4. The molecule has 0 atom stereocenters. The molecule has 0 aliphatic rings. The fourth-order valence-corrected chi connectivity index (χ4v) is 5.56. The average Bonchev–Trinajstić information content (AvgIpc) is 2.95. The summed E-state index contributed by atoms with van der Waals surface area (Å²) >= 11 is 0. The van der Waals surface area contributed by atoms with Gasteiger partial charge in [0.05, 0.1) is 5.41 Å². The Bertz CT molecular complexity index is 1630. The molecule has 0 aliphatic carbocycles. The van der Waals surface area contributed by atoms with Crippen LogP contribution < -0.4 is 0 Å². The summed E-state index contributed by atoms with van der Waals surface area (Å²) in [5.41, 5.74) is 0.962. The van der Waals surface area contributed by atoms with E-state index in [0.29, 0.717) is 32.7 Å². The van der Waals surface area contributed by atoms with Crippen LogP contribution in [0.15, 0.2) is 121 Å². The van der Waals surface area contributed by atoms with Gasteiger partial charge in [0.2, 0.25) is 0 Å². The summed E-state index contributed by atoms with van der Waals surface area (Å²) in [6.45, 7) is 0. The van der Waals surface area contributed by atoms with E-state index in [4.69, 9.17) is 0 Å². The van der Waals surface area contributed by atoms with E-state index in [1.54, 1.807) is 60.7 Å². The number of hydrogen-bond acceptors (Lipinski definition) is 4. The van der Waals surface area contributed by atoms with E-state index in [0.717, 1.165) is 11.1 Å². The molecule has 6 aromatic rings. The summed E-state index contributed by atoms with van der Waals surface area (Å²) in [6, 6.07) is 36.4. The summed E-state index contributed by atoms with van der Waals surface area (Å²) in [5.74, 6) is -0.0328. The maximum atomic E-state index is 11.8. The molecule has 4 nitrogen and oxygen atoms in total. The summed E-state index contributed by atoms with van der Waals surface area (Å²) in [7, 11) is 0. The molecule has 0 saturated carbocycles. The van der Waals surface area contributed by atoms with Gasteiger partial charge in [-0.05, 0) is 23.3 Å². The lowest BCUT2D eigenvalue weighted by molar-refractivity contribution is 0.443. The molecular formula is C33H24O4. The predicted molar refractivity (Wildman–Crippen MR) is 146 cm³/mol. The van der Waals surface area contributed by atoms with Crippen molar-refractivity contribution in [2.75, 3.05) is 0 Å². The first-order chi connectivity index (χ1) is 18.0. The van der Waals surface area contributed by atoms with Crippen molar-refractivity contribution in [1.82, 2.24) is 0 Å². The van der Waals surface area contributed by atoms with Crippen LogP contribution in [0.25, 0.3) is 21.5 Å². The Labute approximate surface area is 214 Å². The van der Waals surface area contributed by atoms with Gasteiger partial charge in [0, 0.05) is 32.7 Å². The monoisotopic (exact) mass is 484 g/mol. The van der Waals surface area contributed by atoms with Crippen molar-refractivity contribution in [2.45, 2.75) is 5.41 Å². The Balaban J connectivity index is 1.87. The highest BCUT2D eigenvalue weighted by atomic mass is 16.3. The molecule has 0 saturated heterocycles. The average molecular weight is 485 g/mol. The van der Waals surface area contributed by atoms with E-state index >= 15 is 0 Å². The second kappa shape index (κ2) is 8.61. The van der Waals surface area contributed by atoms with E-state index < -0.39 is 5.41 Å². The fourth-order valence-electron chi connectivity index (χ4n) is 5.56. The van der Waals surface area contributed by atoms with Crippen molar-refractivity contribution in [3.63, 3.8) is 0 Å². The van der Waals surface area contributed by atoms with E-state index in [1.807, 2.05) is 60.7 Å². The maximum Gasteiger partial charge on any atom is 0.128 e. The topological polar surface area (TPSA) is 80.9 Å². The lowest BCUT2D eigenvalue weighted by Crippen LogP contribution is -2.31. The van der Waals surface area contributed by atoms with Gasteiger partial charge in [-0.2, -0.15) is 0 Å². The number of aromatic hydroxyl groups is 4. The summed E-state index contributed by atoms with van der Waals surface area (Å²) in [6.07, 6.45) is 0. The summed E-state index contributed by atoms with van der Waals surface area (Å²) in [5, 5.41) is 47.9. The van der Waals surface area contributed by atoms with Crippen LogP contribution in [0.2, 0.25) is 0 Å². The third-order valence-electron chi connectivity index (χ3n) is 7.21. The van der Waals surface area contributed by atoms with Crippen molar-refractivity contribution >= 4 is 21.5 Å². The minimum absolute atomic E-state index is 0.00383. The Hall–Kier alpha value is -4.96. The van der Waals surface area contributed by atoms with Crippen molar-refractivity contribution in [3.8, 4) is 23.0 Å². The van der Waals surface area contributed by atoms with Gasteiger partial charge in [0.15, 0.2) is 0 Å². The van der Waals surface area contributed by atoms with Crippen LogP contribution in [0, 0.1) is 0 Å². The summed E-state index contributed by atoms with van der Waals surface area (Å²) < 4.78 is 0. The zero-order valence-corrected chi connectivity index (χ0v) is 19.8. The second-order valence-corrected chi connectivity index (χ2v) is 9.16. The Morgan fingerprint density at radius 2 is 0.703 bits per heavy atom. The van der Waals surface area contributed by atoms with Crippen molar-refractivity contribution in [2.24, 2.45) is 0 Å². The highest BCUT2D eigenvalue weighted by molar-refractivity contribution is 5.97. The molecule has 6 rings (SSSR count). The van der Waals surface area contributed by atoms with Gasteiger partial charge in [-0.25, -0.2) is 0 Å². The second-order valence-electron chi connectivity index (χ2n) is 9.16. The minimum Gasteiger partial charge on any atom is -0.507 e. The van der Waals surface area contributed by atoms with Gasteiger partial charge in [-0.15, -0.1) is 0 Å². The fraction of sp³-hybridized carbons (Fsp3) is 0.0303. The molecule has 0 unspecified atom stereocenters. The van der Waals surface area contributed by atoms with Gasteiger partial charge in [-0.3, -0.25) is 0 Å². The molecule has 0 amide bonds. The minimum atomic E-state index is -1.29. The normalized spacial score (nSPS) is 11.7. The quantitative estimate of drug-likeness (QED) is 0.158. The standard InChI is InChI=1S/C33H24O4/c34-29-19-27(31(36)25-17-9-7-15-23(25)29)33(21-11-3-1-4-12-21,22-13-5-2-6-14-22)28-20-30(35)24-16-8-10-18-26(24)32(28)37/h1-20,34-37H. The number of fused-ring (bicyclic) bond motifs is 2. The highest BCUT2D eigenvalue weighted by Crippen LogP contribution is 2.55. The predicted octanol–water partition coefficient (Wildman–Crippen LogP) is 7.20. The van der Waals surface area contributed by atoms with E-state index in [2.05, 4.69) is 0 Å². The van der Waals surface area contributed by atoms with Gasteiger partial charge < -0.3 is 20.4 Å². The van der Waals surface area contributed by atoms with Gasteiger partial charge >= 0.3 is 0 Å². The first-order valence-corrected chi connectivity index (χ1v) is 12.0. The third-order valence-corrected chi connectivity index (χ3v) is 7.21. The van der Waals surface area contributed by atoms with Crippen LogP contribution in [-0.2, 0) is 5.41 Å². The number of hydrogen-bond donors (Lipinski definition) is 4. The van der Waals surface area contributed by atoms with Crippen LogP contribution >= 0.6 is 0 Å². The zero-order valence-electron chi connectivity index (χ0n) is 19.8. The van der Waals surface area contributed by atoms with E-state index in [9.17, 15) is 20.4 Å². The molecule has 6 aromatic carbocycles. The first-order valence-electron chi connectivity index (χ1n) is 12.0.